The molecule has 0 aromatic rings. The molecule has 1 N–H and O–H groups in total. The molecule has 0 aliphatic heterocycles. The maximum absolute atomic E-state index is 13.1. The van der Waals surface area contributed by atoms with Gasteiger partial charge in [-0.2, -0.15) is 92.2 Å². The first-order chi connectivity index (χ1) is 13.2. The summed E-state index contributed by atoms with van der Waals surface area (Å²) < 4.78 is 266. The number of hydrogen-bond acceptors (Lipinski definition) is 1. The van der Waals surface area contributed by atoms with Crippen LogP contribution in [0.3, 0.4) is 0 Å². The van der Waals surface area contributed by atoms with Crippen LogP contribution in [0.2, 0.25) is 0 Å². The summed E-state index contributed by atoms with van der Waals surface area (Å²) in [6, 6.07) is 0. The monoisotopic (exact) mass is 536 g/mol. The SMILES string of the molecule is OC(F)(F)C(F)(F)C(F)(F)C(F)(F)C(F)(F)C(F)(F)C(F)(F)C(F)(F)C(F)(F)C(F)(F)F. The second kappa shape index (κ2) is 7.00. The van der Waals surface area contributed by atoms with Gasteiger partial charge in [0.25, 0.3) is 0 Å². The summed E-state index contributed by atoms with van der Waals surface area (Å²) in [4.78, 5) is 0. The molecule has 0 aromatic carbocycles. The number of rotatable bonds is 8. The van der Waals surface area contributed by atoms with Gasteiger partial charge in [0.05, 0.1) is 0 Å². The van der Waals surface area contributed by atoms with Crippen molar-refractivity contribution in [3.8, 4) is 0 Å². The summed E-state index contributed by atoms with van der Waals surface area (Å²) in [5.74, 6) is -70.9. The molecule has 194 valence electrons. The van der Waals surface area contributed by atoms with Crippen molar-refractivity contribution in [3.63, 3.8) is 0 Å². The molecule has 1 nitrogen and oxygen atoms in total. The largest absolute Gasteiger partial charge is 0.460 e. The Morgan fingerprint density at radius 3 is 0.562 bits per heavy atom. The highest BCUT2D eigenvalue weighted by atomic mass is 19.4. The smallest absolute Gasteiger partial charge is 0.331 e. The summed E-state index contributed by atoms with van der Waals surface area (Å²) >= 11 is 0. The van der Waals surface area contributed by atoms with E-state index < -0.39 is 59.7 Å². The Balaban J connectivity index is 7.00. The molecule has 0 spiro atoms. The summed E-state index contributed by atoms with van der Waals surface area (Å²) in [5, 5.41) is 7.38. The van der Waals surface area contributed by atoms with Crippen molar-refractivity contribution in [2.75, 3.05) is 0 Å². The molecule has 0 heterocycles. The van der Waals surface area contributed by atoms with Crippen molar-refractivity contribution < 1.29 is 97.3 Å². The van der Waals surface area contributed by atoms with Gasteiger partial charge in [0.15, 0.2) is 0 Å². The van der Waals surface area contributed by atoms with Crippen LogP contribution in [0.4, 0.5) is 92.2 Å². The molecule has 0 aliphatic rings. The standard InChI is InChI=1S/C10HF21O/c11-1(12,3(15,16)5(19,20)7(23,24)9(27,28)29)2(13,14)4(17,18)6(21,22)8(25,26)10(30,31)32/h32H. The predicted octanol–water partition coefficient (Wildman–Crippen LogP) is 6.22. The molecule has 0 amide bonds. The third kappa shape index (κ3) is 3.41. The maximum Gasteiger partial charge on any atom is 0.460 e. The molecule has 0 rings (SSSR count). The average molecular weight is 536 g/mol. The van der Waals surface area contributed by atoms with E-state index in [2.05, 4.69) is 0 Å². The minimum Gasteiger partial charge on any atom is -0.331 e. The maximum atomic E-state index is 13.1. The first-order valence-electron chi connectivity index (χ1n) is 6.44. The van der Waals surface area contributed by atoms with Crippen molar-refractivity contribution in [3.05, 3.63) is 0 Å². The Hall–Kier alpha value is -1.51. The lowest BCUT2D eigenvalue weighted by molar-refractivity contribution is -0.482. The first kappa shape index (κ1) is 30.5. The van der Waals surface area contributed by atoms with Crippen LogP contribution in [0.5, 0.6) is 0 Å². The average Bonchev–Trinajstić information content (AvgIpc) is 2.51. The molecule has 22 heteroatoms. The van der Waals surface area contributed by atoms with Crippen LogP contribution in [0.15, 0.2) is 0 Å². The quantitative estimate of drug-likeness (QED) is 0.366. The van der Waals surface area contributed by atoms with Gasteiger partial charge in [-0.3, -0.25) is 0 Å². The zero-order valence-electron chi connectivity index (χ0n) is 13.4. The summed E-state index contributed by atoms with van der Waals surface area (Å²) in [6.45, 7) is 0. The molecule has 0 bridgehead atoms. The molecule has 0 fully saturated rings. The normalized spacial score (nSPS) is 17.1. The first-order valence-corrected chi connectivity index (χ1v) is 6.44. The summed E-state index contributed by atoms with van der Waals surface area (Å²) in [7, 11) is 0. The van der Waals surface area contributed by atoms with Crippen molar-refractivity contribution in [2.24, 2.45) is 0 Å². The van der Waals surface area contributed by atoms with Gasteiger partial charge in [-0.1, -0.05) is 0 Å². The van der Waals surface area contributed by atoms with Crippen LogP contribution in [0.25, 0.3) is 0 Å². The molecule has 0 radical (unpaired) electrons. The van der Waals surface area contributed by atoms with Crippen LogP contribution in [-0.4, -0.2) is 64.8 Å². The second-order valence-corrected chi connectivity index (χ2v) is 5.63. The fraction of sp³-hybridized carbons (Fsp3) is 1.00. The highest BCUT2D eigenvalue weighted by Gasteiger charge is 2.97. The van der Waals surface area contributed by atoms with Gasteiger partial charge in [0, 0.05) is 0 Å². The third-order valence-electron chi connectivity index (χ3n) is 3.49. The Labute approximate surface area is 158 Å². The highest BCUT2D eigenvalue weighted by molar-refractivity contribution is 5.17. The highest BCUT2D eigenvalue weighted by Crippen LogP contribution is 2.65. The summed E-state index contributed by atoms with van der Waals surface area (Å²) in [5.41, 5.74) is 0. The molecule has 0 atom stereocenters. The fourth-order valence-corrected chi connectivity index (χ4v) is 1.55. The van der Waals surface area contributed by atoms with Crippen LogP contribution >= 0.6 is 0 Å². The van der Waals surface area contributed by atoms with Gasteiger partial charge in [-0.05, 0) is 0 Å². The number of aliphatic hydroxyl groups is 1. The lowest BCUT2D eigenvalue weighted by Crippen LogP contribution is -2.76. The minimum absolute atomic E-state index is 7.38. The van der Waals surface area contributed by atoms with Crippen molar-refractivity contribution in [1.29, 1.82) is 0 Å². The van der Waals surface area contributed by atoms with E-state index >= 15 is 0 Å². The van der Waals surface area contributed by atoms with E-state index in [1.54, 1.807) is 0 Å². The van der Waals surface area contributed by atoms with E-state index in [0.717, 1.165) is 0 Å². The van der Waals surface area contributed by atoms with Gasteiger partial charge in [0.1, 0.15) is 0 Å². The minimum atomic E-state index is -9.20. The Kier molecular flexibility index (Phi) is 6.67. The van der Waals surface area contributed by atoms with Crippen LogP contribution in [0.1, 0.15) is 0 Å². The molecular formula is C10HF21O. The van der Waals surface area contributed by atoms with E-state index in [1.807, 2.05) is 0 Å². The van der Waals surface area contributed by atoms with E-state index in [-0.39, 0.29) is 0 Å². The molecule has 0 saturated carbocycles. The van der Waals surface area contributed by atoms with E-state index in [9.17, 15) is 92.2 Å². The van der Waals surface area contributed by atoms with E-state index in [0.29, 0.717) is 0 Å². The Morgan fingerprint density at radius 1 is 0.250 bits per heavy atom. The van der Waals surface area contributed by atoms with Gasteiger partial charge in [-0.25, -0.2) is 0 Å². The zero-order chi connectivity index (χ0) is 27.0. The van der Waals surface area contributed by atoms with E-state index in [4.69, 9.17) is 5.11 Å². The fourth-order valence-electron chi connectivity index (χ4n) is 1.55. The lowest BCUT2D eigenvalue weighted by Gasteiger charge is -2.44. The topological polar surface area (TPSA) is 20.2 Å². The zero-order valence-corrected chi connectivity index (χ0v) is 13.4. The van der Waals surface area contributed by atoms with Crippen LogP contribution in [-0.2, 0) is 0 Å². The molecule has 32 heavy (non-hydrogen) atoms. The summed E-state index contributed by atoms with van der Waals surface area (Å²) in [6.07, 6.45) is -15.5. The van der Waals surface area contributed by atoms with Crippen LogP contribution in [0, 0.1) is 0 Å². The van der Waals surface area contributed by atoms with Gasteiger partial charge < -0.3 is 5.11 Å². The second-order valence-electron chi connectivity index (χ2n) is 5.63. The van der Waals surface area contributed by atoms with Gasteiger partial charge in [-0.15, -0.1) is 0 Å². The number of alkyl halides is 21. The molecule has 0 aromatic heterocycles. The third-order valence-corrected chi connectivity index (χ3v) is 3.49. The van der Waals surface area contributed by atoms with Crippen molar-refractivity contribution >= 4 is 0 Å². The van der Waals surface area contributed by atoms with Crippen molar-refractivity contribution in [1.82, 2.24) is 0 Å². The number of halogens is 21. The predicted molar refractivity (Wildman–Crippen MR) is 52.8 cm³/mol. The Bertz CT molecular complexity index is 632. The Morgan fingerprint density at radius 2 is 0.406 bits per heavy atom. The lowest BCUT2D eigenvalue weighted by atomic mass is 9.87. The number of hydrogen-bond donors (Lipinski definition) is 1. The molecular weight excluding hydrogens is 535 g/mol. The molecule has 0 aliphatic carbocycles. The van der Waals surface area contributed by atoms with Gasteiger partial charge in [0.2, 0.25) is 0 Å². The van der Waals surface area contributed by atoms with Crippen molar-refractivity contribution in [2.45, 2.75) is 59.7 Å². The van der Waals surface area contributed by atoms with Gasteiger partial charge >= 0.3 is 59.7 Å². The molecule has 0 saturated heterocycles. The molecule has 0 unspecified atom stereocenters. The van der Waals surface area contributed by atoms with Crippen LogP contribution < -0.4 is 0 Å². The van der Waals surface area contributed by atoms with E-state index in [1.165, 1.54) is 0 Å².